The number of ether oxygens (including phenoxy) is 1. The highest BCUT2D eigenvalue weighted by molar-refractivity contribution is 5.84. The molecule has 0 amide bonds. The van der Waals surface area contributed by atoms with Gasteiger partial charge >= 0.3 is 0 Å². The summed E-state index contributed by atoms with van der Waals surface area (Å²) in [7, 11) is 0. The Kier molecular flexibility index (Phi) is 5.13. The zero-order chi connectivity index (χ0) is 15.1. The molecule has 0 saturated heterocycles. The van der Waals surface area contributed by atoms with E-state index < -0.39 is 5.54 Å². The van der Waals surface area contributed by atoms with E-state index in [1.54, 1.807) is 6.20 Å². The Morgan fingerprint density at radius 1 is 1.33 bits per heavy atom. The van der Waals surface area contributed by atoms with Gasteiger partial charge in [0.25, 0.3) is 0 Å². The van der Waals surface area contributed by atoms with Crippen LogP contribution in [0.4, 0.5) is 0 Å². The number of hydrogen-bond acceptors (Lipinski definition) is 4. The van der Waals surface area contributed by atoms with Crippen LogP contribution in [0, 0.1) is 11.3 Å². The molecule has 0 bridgehead atoms. The van der Waals surface area contributed by atoms with Gasteiger partial charge in [-0.25, -0.2) is 0 Å². The number of hydrogen-bond donors (Lipinski definition) is 1. The van der Waals surface area contributed by atoms with E-state index in [0.29, 0.717) is 6.61 Å². The predicted octanol–water partition coefficient (Wildman–Crippen LogP) is 3.29. The number of rotatable bonds is 7. The normalized spacial score (nSPS) is 13.6. The molecule has 1 atom stereocenters. The fourth-order valence-corrected chi connectivity index (χ4v) is 2.37. The van der Waals surface area contributed by atoms with Crippen LogP contribution in [-0.4, -0.2) is 23.7 Å². The summed E-state index contributed by atoms with van der Waals surface area (Å²) >= 11 is 0. The highest BCUT2D eigenvalue weighted by atomic mass is 16.5. The first-order chi connectivity index (χ1) is 10.2. The molecule has 4 heteroatoms. The molecule has 0 fully saturated rings. The zero-order valence-corrected chi connectivity index (χ0v) is 12.6. The van der Waals surface area contributed by atoms with Crippen molar-refractivity contribution in [3.05, 3.63) is 36.5 Å². The second-order valence-corrected chi connectivity index (χ2v) is 5.26. The molecule has 0 saturated carbocycles. The summed E-state index contributed by atoms with van der Waals surface area (Å²) in [6, 6.07) is 12.2. The minimum atomic E-state index is -0.477. The van der Waals surface area contributed by atoms with Gasteiger partial charge in [-0.2, -0.15) is 5.26 Å². The molecule has 2 aromatic rings. The van der Waals surface area contributed by atoms with Crippen LogP contribution in [0.15, 0.2) is 36.5 Å². The number of fused-ring (bicyclic) bond motifs is 1. The summed E-state index contributed by atoms with van der Waals surface area (Å²) in [6.45, 7) is 5.31. The summed E-state index contributed by atoms with van der Waals surface area (Å²) < 4.78 is 5.84. The summed E-state index contributed by atoms with van der Waals surface area (Å²) in [6.07, 6.45) is 3.35. The maximum Gasteiger partial charge on any atom is 0.145 e. The van der Waals surface area contributed by atoms with Crippen LogP contribution in [0.5, 0.6) is 5.75 Å². The first-order valence-corrected chi connectivity index (χ1v) is 7.31. The van der Waals surface area contributed by atoms with Gasteiger partial charge in [-0.1, -0.05) is 25.1 Å². The first-order valence-electron chi connectivity index (χ1n) is 7.31. The lowest BCUT2D eigenvalue weighted by Crippen LogP contribution is -2.40. The molecule has 0 aliphatic heterocycles. The summed E-state index contributed by atoms with van der Waals surface area (Å²) in [5, 5.41) is 13.5. The van der Waals surface area contributed by atoms with Crippen molar-refractivity contribution in [2.75, 3.05) is 13.2 Å². The SMILES string of the molecule is CCNC(C)(C#N)CCCOc1cccc2cccnc12. The quantitative estimate of drug-likeness (QED) is 0.792. The molecule has 1 aromatic heterocycles. The lowest BCUT2D eigenvalue weighted by atomic mass is 9.98. The summed E-state index contributed by atoms with van der Waals surface area (Å²) in [5.74, 6) is 0.801. The van der Waals surface area contributed by atoms with Gasteiger partial charge in [0, 0.05) is 11.6 Å². The van der Waals surface area contributed by atoms with E-state index in [1.165, 1.54) is 0 Å². The number of nitriles is 1. The number of aromatic nitrogens is 1. The average molecular weight is 283 g/mol. The second-order valence-electron chi connectivity index (χ2n) is 5.26. The number of nitrogens with zero attached hydrogens (tertiary/aromatic N) is 2. The molecule has 0 spiro atoms. The van der Waals surface area contributed by atoms with Crippen LogP contribution in [0.25, 0.3) is 10.9 Å². The van der Waals surface area contributed by atoms with Crippen molar-refractivity contribution in [2.45, 2.75) is 32.2 Å². The molecule has 1 N–H and O–H groups in total. The number of para-hydroxylation sites is 1. The molecule has 0 aliphatic carbocycles. The first kappa shape index (κ1) is 15.3. The maximum atomic E-state index is 9.21. The fourth-order valence-electron chi connectivity index (χ4n) is 2.37. The molecule has 1 heterocycles. The van der Waals surface area contributed by atoms with Gasteiger partial charge in [-0.3, -0.25) is 10.3 Å². The minimum Gasteiger partial charge on any atom is -0.491 e. The Morgan fingerprint density at radius 3 is 2.90 bits per heavy atom. The van der Waals surface area contributed by atoms with E-state index in [4.69, 9.17) is 4.74 Å². The third-order valence-electron chi connectivity index (χ3n) is 3.49. The largest absolute Gasteiger partial charge is 0.491 e. The highest BCUT2D eigenvalue weighted by Crippen LogP contribution is 2.23. The number of pyridine rings is 1. The molecule has 0 aliphatic rings. The van der Waals surface area contributed by atoms with Crippen molar-refractivity contribution >= 4 is 10.9 Å². The van der Waals surface area contributed by atoms with Gasteiger partial charge in [0.15, 0.2) is 0 Å². The molecule has 1 unspecified atom stereocenters. The number of benzene rings is 1. The molecule has 1 aromatic carbocycles. The van der Waals surface area contributed by atoms with Gasteiger partial charge in [-0.05, 0) is 38.4 Å². The van der Waals surface area contributed by atoms with Crippen molar-refractivity contribution in [1.82, 2.24) is 10.3 Å². The standard InChI is InChI=1S/C17H21N3O/c1-3-20-17(2,13-18)10-6-12-21-15-9-4-7-14-8-5-11-19-16(14)15/h4-5,7-9,11,20H,3,6,10,12H2,1-2H3. The van der Waals surface area contributed by atoms with Crippen LogP contribution >= 0.6 is 0 Å². The van der Waals surface area contributed by atoms with Crippen LogP contribution in [-0.2, 0) is 0 Å². The Labute approximate surface area is 125 Å². The lowest BCUT2D eigenvalue weighted by molar-refractivity contribution is 0.288. The van der Waals surface area contributed by atoms with E-state index in [9.17, 15) is 5.26 Å². The topological polar surface area (TPSA) is 57.9 Å². The molecule has 2 rings (SSSR count). The van der Waals surface area contributed by atoms with Gasteiger partial charge in [0.05, 0.1) is 12.7 Å². The van der Waals surface area contributed by atoms with Crippen LogP contribution in [0.3, 0.4) is 0 Å². The van der Waals surface area contributed by atoms with Crippen molar-refractivity contribution in [2.24, 2.45) is 0 Å². The Bertz CT molecular complexity index is 630. The molecular formula is C17H21N3O. The van der Waals surface area contributed by atoms with Crippen LogP contribution in [0.2, 0.25) is 0 Å². The molecule has 110 valence electrons. The Hall–Kier alpha value is -2.12. The summed E-state index contributed by atoms with van der Waals surface area (Å²) in [5.41, 5.74) is 0.407. The summed E-state index contributed by atoms with van der Waals surface area (Å²) in [4.78, 5) is 4.36. The minimum absolute atomic E-state index is 0.477. The van der Waals surface area contributed by atoms with E-state index in [1.807, 2.05) is 44.2 Å². The third-order valence-corrected chi connectivity index (χ3v) is 3.49. The third kappa shape index (κ3) is 3.93. The molecule has 4 nitrogen and oxygen atoms in total. The van der Waals surface area contributed by atoms with E-state index in [2.05, 4.69) is 16.4 Å². The van der Waals surface area contributed by atoms with Gasteiger partial charge in [0.2, 0.25) is 0 Å². The second kappa shape index (κ2) is 7.05. The van der Waals surface area contributed by atoms with Gasteiger partial charge in [0.1, 0.15) is 16.8 Å². The number of nitrogens with one attached hydrogen (secondary N) is 1. The van der Waals surface area contributed by atoms with Crippen LogP contribution < -0.4 is 10.1 Å². The van der Waals surface area contributed by atoms with Crippen molar-refractivity contribution in [3.63, 3.8) is 0 Å². The van der Waals surface area contributed by atoms with E-state index >= 15 is 0 Å². The Morgan fingerprint density at radius 2 is 2.14 bits per heavy atom. The fraction of sp³-hybridized carbons (Fsp3) is 0.412. The highest BCUT2D eigenvalue weighted by Gasteiger charge is 2.21. The van der Waals surface area contributed by atoms with E-state index in [-0.39, 0.29) is 0 Å². The zero-order valence-electron chi connectivity index (χ0n) is 12.6. The van der Waals surface area contributed by atoms with Crippen molar-refractivity contribution in [1.29, 1.82) is 5.26 Å². The maximum absolute atomic E-state index is 9.21. The lowest BCUT2D eigenvalue weighted by Gasteiger charge is -2.22. The van der Waals surface area contributed by atoms with Gasteiger partial charge in [-0.15, -0.1) is 0 Å². The van der Waals surface area contributed by atoms with Gasteiger partial charge < -0.3 is 4.74 Å². The van der Waals surface area contributed by atoms with E-state index in [0.717, 1.165) is 36.0 Å². The van der Waals surface area contributed by atoms with Crippen LogP contribution in [0.1, 0.15) is 26.7 Å². The molecule has 0 radical (unpaired) electrons. The smallest absolute Gasteiger partial charge is 0.145 e. The Balaban J connectivity index is 1.93. The van der Waals surface area contributed by atoms with Crippen molar-refractivity contribution in [3.8, 4) is 11.8 Å². The predicted molar refractivity (Wildman–Crippen MR) is 84.2 cm³/mol. The van der Waals surface area contributed by atoms with Crippen molar-refractivity contribution < 1.29 is 4.74 Å². The molecule has 21 heavy (non-hydrogen) atoms. The monoisotopic (exact) mass is 283 g/mol. The average Bonchev–Trinajstić information content (AvgIpc) is 2.52. The molecular weight excluding hydrogens is 262 g/mol.